The zero-order valence-corrected chi connectivity index (χ0v) is 11.6. The second-order valence-corrected chi connectivity index (χ2v) is 5.82. The summed E-state index contributed by atoms with van der Waals surface area (Å²) in [4.78, 5) is 8.55. The number of hydrogen-bond acceptors (Lipinski definition) is 5. The summed E-state index contributed by atoms with van der Waals surface area (Å²) in [6.07, 6.45) is 8.67. The molecule has 20 heavy (non-hydrogen) atoms. The first-order valence-electron chi connectivity index (χ1n) is 7.36. The minimum atomic E-state index is 0.330. The van der Waals surface area contributed by atoms with Crippen molar-refractivity contribution in [2.24, 2.45) is 5.41 Å². The Morgan fingerprint density at radius 2 is 2.35 bits per heavy atom. The van der Waals surface area contributed by atoms with Gasteiger partial charge in [0.25, 0.3) is 0 Å². The van der Waals surface area contributed by atoms with Gasteiger partial charge in [-0.15, -0.1) is 0 Å². The molecule has 2 atom stereocenters. The zero-order chi connectivity index (χ0) is 13.6. The Balaban J connectivity index is 1.56. The molecule has 0 bridgehead atoms. The normalized spacial score (nSPS) is 27.2. The van der Waals surface area contributed by atoms with Crippen molar-refractivity contribution in [2.45, 2.75) is 44.8 Å². The lowest BCUT2D eigenvalue weighted by Gasteiger charge is -2.61. The van der Waals surface area contributed by atoms with Crippen LogP contribution in [0.3, 0.4) is 0 Å². The van der Waals surface area contributed by atoms with Crippen LogP contribution in [0.25, 0.3) is 11.0 Å². The lowest BCUT2D eigenvalue weighted by atomic mass is 9.51. The van der Waals surface area contributed by atoms with Gasteiger partial charge in [-0.3, -0.25) is 5.10 Å². The van der Waals surface area contributed by atoms with Gasteiger partial charge in [0.05, 0.1) is 17.7 Å². The number of aromatic amines is 1. The maximum atomic E-state index is 5.88. The first-order chi connectivity index (χ1) is 9.83. The number of fused-ring (bicyclic) bond motifs is 1. The number of rotatable bonds is 4. The smallest absolute Gasteiger partial charge is 0.160 e. The van der Waals surface area contributed by atoms with Gasteiger partial charge in [0.15, 0.2) is 5.65 Å². The van der Waals surface area contributed by atoms with E-state index in [0.29, 0.717) is 17.6 Å². The van der Waals surface area contributed by atoms with Crippen LogP contribution in [0.2, 0.25) is 0 Å². The van der Waals surface area contributed by atoms with Crippen molar-refractivity contribution in [2.75, 3.05) is 11.9 Å². The highest BCUT2D eigenvalue weighted by atomic mass is 16.5. The summed E-state index contributed by atoms with van der Waals surface area (Å²) < 4.78 is 5.88. The number of aromatic nitrogens is 4. The summed E-state index contributed by atoms with van der Waals surface area (Å²) in [5, 5.41) is 11.5. The fraction of sp³-hybridized carbons (Fsp3) is 0.643. The molecule has 6 heteroatoms. The van der Waals surface area contributed by atoms with Gasteiger partial charge in [-0.05, 0) is 26.2 Å². The molecule has 0 radical (unpaired) electrons. The Morgan fingerprint density at radius 3 is 3.10 bits per heavy atom. The highest BCUT2D eigenvalue weighted by Crippen LogP contribution is 2.58. The van der Waals surface area contributed by atoms with Gasteiger partial charge in [-0.25, -0.2) is 9.97 Å². The van der Waals surface area contributed by atoms with Gasteiger partial charge in [0.2, 0.25) is 0 Å². The van der Waals surface area contributed by atoms with Gasteiger partial charge in [0, 0.05) is 18.1 Å². The SMILES string of the molecule is CCOC1CC(Nc2ncnc3[nH]ncc23)C12CCC2. The summed E-state index contributed by atoms with van der Waals surface area (Å²) in [6, 6.07) is 0.459. The minimum Gasteiger partial charge on any atom is -0.378 e. The molecule has 2 aliphatic carbocycles. The van der Waals surface area contributed by atoms with Crippen molar-refractivity contribution in [1.29, 1.82) is 0 Å². The van der Waals surface area contributed by atoms with Crippen LogP contribution >= 0.6 is 0 Å². The molecule has 106 valence electrons. The molecule has 0 amide bonds. The summed E-state index contributed by atoms with van der Waals surface area (Å²) in [6.45, 7) is 2.88. The van der Waals surface area contributed by atoms with Crippen molar-refractivity contribution in [3.8, 4) is 0 Å². The molecule has 4 rings (SSSR count). The van der Waals surface area contributed by atoms with E-state index in [2.05, 4.69) is 32.4 Å². The molecule has 6 nitrogen and oxygen atoms in total. The third kappa shape index (κ3) is 1.57. The standard InChI is InChI=1S/C14H19N5O/c1-2-20-11-6-10(14(11)4-3-5-14)18-12-9-7-17-19-13(9)16-8-15-12/h7-8,10-11H,2-6H2,1H3,(H2,15,16,17,18,19). The average molecular weight is 273 g/mol. The molecule has 1 spiro atoms. The topological polar surface area (TPSA) is 75.7 Å². The Hall–Kier alpha value is -1.69. The van der Waals surface area contributed by atoms with Crippen LogP contribution in [-0.4, -0.2) is 38.9 Å². The molecule has 0 saturated heterocycles. The van der Waals surface area contributed by atoms with Crippen LogP contribution in [0.4, 0.5) is 5.82 Å². The first kappa shape index (κ1) is 12.1. The largest absolute Gasteiger partial charge is 0.378 e. The van der Waals surface area contributed by atoms with E-state index in [1.165, 1.54) is 19.3 Å². The van der Waals surface area contributed by atoms with Crippen molar-refractivity contribution in [3.05, 3.63) is 12.5 Å². The second-order valence-electron chi connectivity index (χ2n) is 5.82. The van der Waals surface area contributed by atoms with Crippen LogP contribution in [0, 0.1) is 5.41 Å². The maximum absolute atomic E-state index is 5.88. The molecular formula is C14H19N5O. The number of nitrogens with zero attached hydrogens (tertiary/aromatic N) is 3. The van der Waals surface area contributed by atoms with Crippen molar-refractivity contribution >= 4 is 16.9 Å². The van der Waals surface area contributed by atoms with Crippen LogP contribution in [0.5, 0.6) is 0 Å². The molecule has 2 N–H and O–H groups in total. The molecule has 2 fully saturated rings. The van der Waals surface area contributed by atoms with E-state index in [1.54, 1.807) is 12.5 Å². The minimum absolute atomic E-state index is 0.330. The Kier molecular flexibility index (Phi) is 2.66. The first-order valence-corrected chi connectivity index (χ1v) is 7.36. The molecule has 2 heterocycles. The summed E-state index contributed by atoms with van der Waals surface area (Å²) in [7, 11) is 0. The molecule has 2 aromatic heterocycles. The van der Waals surface area contributed by atoms with E-state index in [-0.39, 0.29) is 0 Å². The van der Waals surface area contributed by atoms with Crippen LogP contribution in [0.1, 0.15) is 32.6 Å². The number of H-pyrrole nitrogens is 1. The summed E-state index contributed by atoms with van der Waals surface area (Å²) >= 11 is 0. The van der Waals surface area contributed by atoms with Gasteiger partial charge in [0.1, 0.15) is 12.1 Å². The van der Waals surface area contributed by atoms with Gasteiger partial charge in [-0.2, -0.15) is 5.10 Å². The third-order valence-corrected chi connectivity index (χ3v) is 5.00. The van der Waals surface area contributed by atoms with Crippen LogP contribution < -0.4 is 5.32 Å². The lowest BCUT2D eigenvalue weighted by Crippen LogP contribution is -2.64. The second kappa shape index (κ2) is 4.41. The van der Waals surface area contributed by atoms with E-state index in [4.69, 9.17) is 4.74 Å². The van der Waals surface area contributed by atoms with Crippen molar-refractivity contribution < 1.29 is 4.74 Å². The lowest BCUT2D eigenvalue weighted by molar-refractivity contribution is -0.157. The summed E-state index contributed by atoms with van der Waals surface area (Å²) in [5.74, 6) is 0.884. The molecule has 2 aromatic rings. The summed E-state index contributed by atoms with van der Waals surface area (Å²) in [5.41, 5.74) is 1.11. The van der Waals surface area contributed by atoms with Crippen LogP contribution in [-0.2, 0) is 4.74 Å². The quantitative estimate of drug-likeness (QED) is 0.892. The Labute approximate surface area is 117 Å². The van der Waals surface area contributed by atoms with Gasteiger partial charge >= 0.3 is 0 Å². The molecule has 2 unspecified atom stereocenters. The van der Waals surface area contributed by atoms with Gasteiger partial charge < -0.3 is 10.1 Å². The zero-order valence-electron chi connectivity index (χ0n) is 11.6. The van der Waals surface area contributed by atoms with E-state index >= 15 is 0 Å². The third-order valence-electron chi connectivity index (χ3n) is 5.00. The van der Waals surface area contributed by atoms with Crippen molar-refractivity contribution in [3.63, 3.8) is 0 Å². The number of hydrogen-bond donors (Lipinski definition) is 2. The number of ether oxygens (including phenoxy) is 1. The number of nitrogens with one attached hydrogen (secondary N) is 2. The molecular weight excluding hydrogens is 254 g/mol. The average Bonchev–Trinajstić information content (AvgIpc) is 2.84. The highest BCUT2D eigenvalue weighted by Gasteiger charge is 2.59. The predicted molar refractivity (Wildman–Crippen MR) is 75.4 cm³/mol. The predicted octanol–water partition coefficient (Wildman–Crippen LogP) is 2.11. The molecule has 0 aromatic carbocycles. The monoisotopic (exact) mass is 273 g/mol. The van der Waals surface area contributed by atoms with E-state index in [1.807, 2.05) is 0 Å². The fourth-order valence-electron chi connectivity index (χ4n) is 3.69. The van der Waals surface area contributed by atoms with Crippen LogP contribution in [0.15, 0.2) is 12.5 Å². The van der Waals surface area contributed by atoms with E-state index < -0.39 is 0 Å². The number of anilines is 1. The molecule has 2 saturated carbocycles. The van der Waals surface area contributed by atoms with E-state index in [0.717, 1.165) is 29.9 Å². The fourth-order valence-corrected chi connectivity index (χ4v) is 3.69. The molecule has 2 aliphatic rings. The van der Waals surface area contributed by atoms with E-state index in [9.17, 15) is 0 Å². The Morgan fingerprint density at radius 1 is 1.45 bits per heavy atom. The van der Waals surface area contributed by atoms with Gasteiger partial charge in [-0.1, -0.05) is 6.42 Å². The maximum Gasteiger partial charge on any atom is 0.160 e. The Bertz CT molecular complexity index is 621. The highest BCUT2D eigenvalue weighted by molar-refractivity contribution is 5.85. The van der Waals surface area contributed by atoms with Crippen molar-refractivity contribution in [1.82, 2.24) is 20.2 Å². The molecule has 0 aliphatic heterocycles.